The van der Waals surface area contributed by atoms with Crippen LogP contribution in [0.1, 0.15) is 38.2 Å². The van der Waals surface area contributed by atoms with E-state index in [1.54, 1.807) is 0 Å². The van der Waals surface area contributed by atoms with Crippen LogP contribution in [-0.4, -0.2) is 12.3 Å². The Bertz CT molecular complexity index is 450. The van der Waals surface area contributed by atoms with Crippen LogP contribution in [0.4, 0.5) is 0 Å². The lowest BCUT2D eigenvalue weighted by atomic mass is 9.67. The first-order valence-corrected chi connectivity index (χ1v) is 7.83. The number of hydrogen-bond donors (Lipinski definition) is 1. The Morgan fingerprint density at radius 2 is 2.00 bits per heavy atom. The normalized spacial score (nSPS) is 27.2. The summed E-state index contributed by atoms with van der Waals surface area (Å²) in [5.41, 5.74) is 6.74. The summed E-state index contributed by atoms with van der Waals surface area (Å²) in [5, 5.41) is 0. The Kier molecular flexibility index (Phi) is 4.80. The summed E-state index contributed by atoms with van der Waals surface area (Å²) in [6.07, 6.45) is 4.65. The Morgan fingerprint density at radius 3 is 2.58 bits per heavy atom. The van der Waals surface area contributed by atoms with E-state index < -0.39 is 0 Å². The van der Waals surface area contributed by atoms with Crippen molar-refractivity contribution in [2.75, 3.05) is 6.54 Å². The quantitative estimate of drug-likeness (QED) is 0.917. The maximum atomic E-state index is 12.7. The molecule has 0 aromatic heterocycles. The van der Waals surface area contributed by atoms with E-state index >= 15 is 0 Å². The molecule has 1 saturated carbocycles. The van der Waals surface area contributed by atoms with Crippen molar-refractivity contribution in [3.05, 3.63) is 34.3 Å². The van der Waals surface area contributed by atoms with Crippen LogP contribution >= 0.6 is 15.9 Å². The highest BCUT2D eigenvalue weighted by atomic mass is 79.9. The molecule has 104 valence electrons. The van der Waals surface area contributed by atoms with Gasteiger partial charge in [-0.2, -0.15) is 0 Å². The number of carbonyl (C=O) groups excluding carboxylic acids is 1. The summed E-state index contributed by atoms with van der Waals surface area (Å²) in [6, 6.07) is 7.95. The second-order valence-corrected chi connectivity index (χ2v) is 6.71. The average Bonchev–Trinajstić information content (AvgIpc) is 2.42. The molecule has 0 aliphatic heterocycles. The molecule has 19 heavy (non-hydrogen) atoms. The molecule has 0 radical (unpaired) electrons. The zero-order chi connectivity index (χ0) is 13.9. The summed E-state index contributed by atoms with van der Waals surface area (Å²) in [4.78, 5) is 12.7. The maximum absolute atomic E-state index is 12.7. The van der Waals surface area contributed by atoms with Crippen LogP contribution < -0.4 is 5.73 Å². The van der Waals surface area contributed by atoms with Crippen LogP contribution in [0.2, 0.25) is 0 Å². The summed E-state index contributed by atoms with van der Waals surface area (Å²) >= 11 is 3.51. The minimum absolute atomic E-state index is 0.276. The molecule has 3 heteroatoms. The van der Waals surface area contributed by atoms with E-state index in [0.717, 1.165) is 41.6 Å². The average molecular weight is 324 g/mol. The van der Waals surface area contributed by atoms with Gasteiger partial charge in [0.05, 0.1) is 0 Å². The predicted molar refractivity (Wildman–Crippen MR) is 82.0 cm³/mol. The molecule has 0 saturated heterocycles. The van der Waals surface area contributed by atoms with Crippen molar-refractivity contribution in [3.8, 4) is 0 Å². The van der Waals surface area contributed by atoms with E-state index in [1.165, 1.54) is 0 Å². The third-order valence-corrected chi connectivity index (χ3v) is 5.30. The summed E-state index contributed by atoms with van der Waals surface area (Å²) in [5.74, 6) is 1.05. The van der Waals surface area contributed by atoms with E-state index in [2.05, 4.69) is 22.9 Å². The fourth-order valence-electron chi connectivity index (χ4n) is 2.91. The number of Topliss-reactive ketones (excluding diaryl/α,β-unsaturated/α-hetero) is 1. The molecule has 1 aromatic carbocycles. The van der Waals surface area contributed by atoms with E-state index in [1.807, 2.05) is 24.3 Å². The number of benzene rings is 1. The number of carbonyl (C=O) groups is 1. The van der Waals surface area contributed by atoms with Crippen LogP contribution in [0.25, 0.3) is 0 Å². The van der Waals surface area contributed by atoms with Crippen LogP contribution in [0.15, 0.2) is 28.7 Å². The molecule has 1 aliphatic carbocycles. The maximum Gasteiger partial charge on any atom is 0.144 e. The van der Waals surface area contributed by atoms with Gasteiger partial charge in [0.25, 0.3) is 0 Å². The molecule has 1 aromatic rings. The van der Waals surface area contributed by atoms with Crippen LogP contribution in [0, 0.1) is 11.3 Å². The van der Waals surface area contributed by atoms with Crippen LogP contribution in [0.5, 0.6) is 0 Å². The van der Waals surface area contributed by atoms with Gasteiger partial charge in [-0.15, -0.1) is 0 Å². The molecule has 2 N–H and O–H groups in total. The number of rotatable bonds is 4. The van der Waals surface area contributed by atoms with Crippen LogP contribution in [0.3, 0.4) is 0 Å². The van der Waals surface area contributed by atoms with Crippen molar-refractivity contribution < 1.29 is 4.79 Å². The lowest BCUT2D eigenvalue weighted by Gasteiger charge is -2.37. The van der Waals surface area contributed by atoms with Crippen molar-refractivity contribution in [3.63, 3.8) is 0 Å². The molecule has 2 nitrogen and oxygen atoms in total. The molecular formula is C16H22BrNO. The van der Waals surface area contributed by atoms with Gasteiger partial charge in [0.15, 0.2) is 0 Å². The summed E-state index contributed by atoms with van der Waals surface area (Å²) in [7, 11) is 0. The largest absolute Gasteiger partial charge is 0.329 e. The van der Waals surface area contributed by atoms with Gasteiger partial charge in [-0.25, -0.2) is 0 Å². The fraction of sp³-hybridized carbons (Fsp3) is 0.562. The second-order valence-electron chi connectivity index (χ2n) is 5.86. The van der Waals surface area contributed by atoms with Gasteiger partial charge in [0.1, 0.15) is 5.78 Å². The summed E-state index contributed by atoms with van der Waals surface area (Å²) in [6.45, 7) is 2.75. The molecule has 2 rings (SSSR count). The lowest BCUT2D eigenvalue weighted by Crippen LogP contribution is -2.42. The Hall–Kier alpha value is -0.670. The van der Waals surface area contributed by atoms with E-state index in [-0.39, 0.29) is 5.41 Å². The highest BCUT2D eigenvalue weighted by Crippen LogP contribution is 2.39. The SMILES string of the molecule is CC1CCC(CN)(C(=O)Cc2ccccc2Br)CC1. The predicted octanol–water partition coefficient (Wildman–Crippen LogP) is 3.72. The summed E-state index contributed by atoms with van der Waals surface area (Å²) < 4.78 is 1.01. The Balaban J connectivity index is 2.12. The van der Waals surface area contributed by atoms with Gasteiger partial charge in [0, 0.05) is 22.9 Å². The minimum Gasteiger partial charge on any atom is -0.329 e. The Morgan fingerprint density at radius 1 is 1.37 bits per heavy atom. The second kappa shape index (κ2) is 6.19. The van der Waals surface area contributed by atoms with Gasteiger partial charge in [0.2, 0.25) is 0 Å². The van der Waals surface area contributed by atoms with Gasteiger partial charge >= 0.3 is 0 Å². The first-order valence-electron chi connectivity index (χ1n) is 7.04. The molecule has 0 bridgehead atoms. The molecule has 0 atom stereocenters. The van der Waals surface area contributed by atoms with Gasteiger partial charge in [-0.3, -0.25) is 4.79 Å². The van der Waals surface area contributed by atoms with E-state index in [4.69, 9.17) is 5.73 Å². The molecule has 1 fully saturated rings. The standard InChI is InChI=1S/C16H22BrNO/c1-12-6-8-16(11-18,9-7-12)15(19)10-13-4-2-3-5-14(13)17/h2-5,12H,6-11,18H2,1H3. The topological polar surface area (TPSA) is 43.1 Å². The van der Waals surface area contributed by atoms with Crippen molar-refractivity contribution in [1.29, 1.82) is 0 Å². The van der Waals surface area contributed by atoms with Gasteiger partial charge in [-0.05, 0) is 43.2 Å². The van der Waals surface area contributed by atoms with Crippen molar-refractivity contribution in [2.45, 2.75) is 39.0 Å². The third-order valence-electron chi connectivity index (χ3n) is 4.52. The first-order chi connectivity index (χ1) is 9.07. The molecule has 1 aliphatic rings. The number of halogens is 1. The first kappa shape index (κ1) is 14.7. The monoisotopic (exact) mass is 323 g/mol. The molecular weight excluding hydrogens is 302 g/mol. The van der Waals surface area contributed by atoms with Gasteiger partial charge in [-0.1, -0.05) is 41.1 Å². The van der Waals surface area contributed by atoms with E-state index in [0.29, 0.717) is 18.7 Å². The lowest BCUT2D eigenvalue weighted by molar-refractivity contribution is -0.129. The number of ketones is 1. The van der Waals surface area contributed by atoms with Crippen LogP contribution in [-0.2, 0) is 11.2 Å². The molecule has 0 heterocycles. The smallest absolute Gasteiger partial charge is 0.144 e. The minimum atomic E-state index is -0.276. The highest BCUT2D eigenvalue weighted by molar-refractivity contribution is 9.10. The van der Waals surface area contributed by atoms with Crippen molar-refractivity contribution >= 4 is 21.7 Å². The Labute approximate surface area is 123 Å². The number of nitrogens with two attached hydrogens (primary N) is 1. The zero-order valence-electron chi connectivity index (χ0n) is 11.5. The van der Waals surface area contributed by atoms with Gasteiger partial charge < -0.3 is 5.73 Å². The van der Waals surface area contributed by atoms with Crippen molar-refractivity contribution in [1.82, 2.24) is 0 Å². The highest BCUT2D eigenvalue weighted by Gasteiger charge is 2.39. The molecule has 0 spiro atoms. The number of hydrogen-bond acceptors (Lipinski definition) is 2. The third kappa shape index (κ3) is 3.26. The molecule has 0 amide bonds. The van der Waals surface area contributed by atoms with E-state index in [9.17, 15) is 4.79 Å². The zero-order valence-corrected chi connectivity index (χ0v) is 13.1. The molecule has 0 unspecified atom stereocenters. The van der Waals surface area contributed by atoms with Crippen molar-refractivity contribution in [2.24, 2.45) is 17.1 Å². The fourth-order valence-corrected chi connectivity index (χ4v) is 3.34.